The molecule has 0 saturated heterocycles. The van der Waals surface area contributed by atoms with Gasteiger partial charge in [0.2, 0.25) is 0 Å². The highest BCUT2D eigenvalue weighted by atomic mass is 127. The van der Waals surface area contributed by atoms with Crippen LogP contribution in [0.25, 0.3) is 10.9 Å². The first kappa shape index (κ1) is 14.8. The highest BCUT2D eigenvalue weighted by Crippen LogP contribution is 2.25. The van der Waals surface area contributed by atoms with Gasteiger partial charge in [-0.2, -0.15) is 0 Å². The van der Waals surface area contributed by atoms with E-state index in [1.165, 1.54) is 10.9 Å². The second-order valence-corrected chi connectivity index (χ2v) is 6.58. The van der Waals surface area contributed by atoms with Crippen LogP contribution in [0.1, 0.15) is 5.56 Å². The van der Waals surface area contributed by atoms with Crippen LogP contribution in [0.2, 0.25) is 10.0 Å². The van der Waals surface area contributed by atoms with Crippen molar-refractivity contribution in [2.75, 3.05) is 0 Å². The molecule has 0 radical (unpaired) electrons. The van der Waals surface area contributed by atoms with Crippen molar-refractivity contribution in [3.63, 3.8) is 0 Å². The molecule has 0 unspecified atom stereocenters. The average Bonchev–Trinajstić information content (AvgIpc) is 2.47. The van der Waals surface area contributed by atoms with Gasteiger partial charge in [-0.25, -0.2) is 4.98 Å². The molecule has 0 saturated carbocycles. The highest BCUT2D eigenvalue weighted by molar-refractivity contribution is 14.1. The SMILES string of the molecule is O=c1c2cc(I)ccc2ncn1Cc1cccc(Cl)c1Cl. The van der Waals surface area contributed by atoms with E-state index < -0.39 is 0 Å². The zero-order valence-corrected chi connectivity index (χ0v) is 14.4. The fourth-order valence-electron chi connectivity index (χ4n) is 2.10. The van der Waals surface area contributed by atoms with Crippen LogP contribution >= 0.6 is 45.8 Å². The molecular formula is C15H9Cl2IN2O. The summed E-state index contributed by atoms with van der Waals surface area (Å²) < 4.78 is 2.54. The first-order chi connectivity index (χ1) is 10.1. The monoisotopic (exact) mass is 430 g/mol. The Morgan fingerprint density at radius 1 is 1.19 bits per heavy atom. The Morgan fingerprint density at radius 3 is 2.81 bits per heavy atom. The van der Waals surface area contributed by atoms with Crippen molar-refractivity contribution >= 4 is 56.7 Å². The van der Waals surface area contributed by atoms with Gasteiger partial charge in [0.05, 0.1) is 33.8 Å². The van der Waals surface area contributed by atoms with Crippen LogP contribution in [-0.2, 0) is 6.54 Å². The molecule has 21 heavy (non-hydrogen) atoms. The van der Waals surface area contributed by atoms with Crippen molar-refractivity contribution in [2.24, 2.45) is 0 Å². The average molecular weight is 431 g/mol. The molecule has 3 nitrogen and oxygen atoms in total. The van der Waals surface area contributed by atoms with E-state index in [-0.39, 0.29) is 5.56 Å². The molecule has 1 aromatic heterocycles. The van der Waals surface area contributed by atoms with Crippen LogP contribution in [-0.4, -0.2) is 9.55 Å². The molecule has 0 aliphatic heterocycles. The smallest absolute Gasteiger partial charge is 0.261 e. The van der Waals surface area contributed by atoms with Gasteiger partial charge in [-0.3, -0.25) is 9.36 Å². The lowest BCUT2D eigenvalue weighted by Crippen LogP contribution is -2.21. The fraction of sp³-hybridized carbons (Fsp3) is 0.0667. The standard InChI is InChI=1S/C15H9Cl2IN2O/c16-12-3-1-2-9(14(12)17)7-20-8-19-13-5-4-10(18)6-11(13)15(20)21/h1-6,8H,7H2. The van der Waals surface area contributed by atoms with Crippen molar-refractivity contribution in [3.05, 3.63) is 72.3 Å². The van der Waals surface area contributed by atoms with E-state index in [2.05, 4.69) is 27.6 Å². The van der Waals surface area contributed by atoms with Crippen LogP contribution in [0.15, 0.2) is 47.5 Å². The molecule has 0 N–H and O–H groups in total. The number of hydrogen-bond donors (Lipinski definition) is 0. The van der Waals surface area contributed by atoms with Crippen LogP contribution in [0.5, 0.6) is 0 Å². The van der Waals surface area contributed by atoms with E-state index in [1.54, 1.807) is 6.07 Å². The van der Waals surface area contributed by atoms with Crippen LogP contribution < -0.4 is 5.56 Å². The van der Waals surface area contributed by atoms with Crippen molar-refractivity contribution in [1.82, 2.24) is 9.55 Å². The summed E-state index contributed by atoms with van der Waals surface area (Å²) in [6, 6.07) is 11.0. The van der Waals surface area contributed by atoms with Crippen LogP contribution in [0.3, 0.4) is 0 Å². The largest absolute Gasteiger partial charge is 0.294 e. The summed E-state index contributed by atoms with van der Waals surface area (Å²) in [6.07, 6.45) is 1.54. The van der Waals surface area contributed by atoms with Gasteiger partial charge in [0.25, 0.3) is 5.56 Å². The number of halogens is 3. The third kappa shape index (κ3) is 2.93. The second-order valence-electron chi connectivity index (χ2n) is 4.55. The summed E-state index contributed by atoms with van der Waals surface area (Å²) in [4.78, 5) is 16.8. The van der Waals surface area contributed by atoms with Gasteiger partial charge in [-0.1, -0.05) is 35.3 Å². The third-order valence-corrected chi connectivity index (χ3v) is 4.69. The maximum atomic E-state index is 12.5. The molecule has 0 fully saturated rings. The quantitative estimate of drug-likeness (QED) is 0.566. The minimum absolute atomic E-state index is 0.0884. The Labute approximate surface area is 144 Å². The van der Waals surface area contributed by atoms with Gasteiger partial charge in [-0.15, -0.1) is 0 Å². The topological polar surface area (TPSA) is 34.9 Å². The highest BCUT2D eigenvalue weighted by Gasteiger charge is 2.08. The molecule has 0 aliphatic rings. The molecule has 3 rings (SSSR count). The van der Waals surface area contributed by atoms with Crippen molar-refractivity contribution in [1.29, 1.82) is 0 Å². The number of aromatic nitrogens is 2. The lowest BCUT2D eigenvalue weighted by molar-refractivity contribution is 0.748. The summed E-state index contributed by atoms with van der Waals surface area (Å²) in [5.41, 5.74) is 1.39. The van der Waals surface area contributed by atoms with E-state index >= 15 is 0 Å². The zero-order valence-electron chi connectivity index (χ0n) is 10.7. The molecule has 0 bridgehead atoms. The normalized spacial score (nSPS) is 11.0. The van der Waals surface area contributed by atoms with Gasteiger partial charge in [0, 0.05) is 3.57 Å². The van der Waals surface area contributed by atoms with Gasteiger partial charge in [0.15, 0.2) is 0 Å². The molecule has 1 heterocycles. The van der Waals surface area contributed by atoms with Crippen molar-refractivity contribution in [3.8, 4) is 0 Å². The molecule has 0 atom stereocenters. The number of nitrogens with zero attached hydrogens (tertiary/aromatic N) is 2. The Morgan fingerprint density at radius 2 is 2.00 bits per heavy atom. The van der Waals surface area contributed by atoms with Crippen molar-refractivity contribution < 1.29 is 0 Å². The molecule has 0 aliphatic carbocycles. The Hall–Kier alpha value is -1.11. The lowest BCUT2D eigenvalue weighted by atomic mass is 10.2. The maximum absolute atomic E-state index is 12.5. The molecule has 3 aromatic rings. The summed E-state index contributed by atoms with van der Waals surface area (Å²) in [6.45, 7) is 0.340. The Balaban J connectivity index is 2.11. The van der Waals surface area contributed by atoms with Gasteiger partial charge in [-0.05, 0) is 52.4 Å². The predicted molar refractivity (Wildman–Crippen MR) is 94.3 cm³/mol. The van der Waals surface area contributed by atoms with Crippen LogP contribution in [0.4, 0.5) is 0 Å². The second kappa shape index (κ2) is 5.94. The number of rotatable bonds is 2. The molecule has 106 valence electrons. The Kier molecular flexibility index (Phi) is 4.19. The molecule has 0 spiro atoms. The molecule has 6 heteroatoms. The first-order valence-electron chi connectivity index (χ1n) is 6.14. The number of hydrogen-bond acceptors (Lipinski definition) is 2. The molecule has 2 aromatic carbocycles. The van der Waals surface area contributed by atoms with E-state index in [0.717, 1.165) is 9.13 Å². The van der Waals surface area contributed by atoms with E-state index in [0.29, 0.717) is 27.5 Å². The Bertz CT molecular complexity index is 892. The van der Waals surface area contributed by atoms with Gasteiger partial charge >= 0.3 is 0 Å². The summed E-state index contributed by atoms with van der Waals surface area (Å²) >= 11 is 14.3. The first-order valence-corrected chi connectivity index (χ1v) is 7.97. The summed E-state index contributed by atoms with van der Waals surface area (Å²) in [7, 11) is 0. The predicted octanol–water partition coefficient (Wildman–Crippen LogP) is 4.36. The van der Waals surface area contributed by atoms with E-state index in [1.807, 2.05) is 30.3 Å². The third-order valence-electron chi connectivity index (χ3n) is 3.16. The number of benzene rings is 2. The lowest BCUT2D eigenvalue weighted by Gasteiger charge is -2.09. The number of fused-ring (bicyclic) bond motifs is 1. The van der Waals surface area contributed by atoms with Crippen LogP contribution in [0, 0.1) is 3.57 Å². The minimum atomic E-state index is -0.0884. The zero-order chi connectivity index (χ0) is 15.0. The van der Waals surface area contributed by atoms with Gasteiger partial charge in [0.1, 0.15) is 0 Å². The summed E-state index contributed by atoms with van der Waals surface area (Å²) in [5, 5.41) is 1.54. The molecule has 0 amide bonds. The fourth-order valence-corrected chi connectivity index (χ4v) is 2.97. The molecular weight excluding hydrogens is 422 g/mol. The van der Waals surface area contributed by atoms with E-state index in [4.69, 9.17) is 23.2 Å². The van der Waals surface area contributed by atoms with E-state index in [9.17, 15) is 4.79 Å². The minimum Gasteiger partial charge on any atom is -0.294 e. The van der Waals surface area contributed by atoms with Crippen molar-refractivity contribution in [2.45, 2.75) is 6.54 Å². The maximum Gasteiger partial charge on any atom is 0.261 e. The summed E-state index contributed by atoms with van der Waals surface area (Å²) in [5.74, 6) is 0. The van der Waals surface area contributed by atoms with Gasteiger partial charge < -0.3 is 0 Å².